The largest absolute Gasteiger partial charge is 0.402 e. The van der Waals surface area contributed by atoms with Crippen LogP contribution in [0.3, 0.4) is 0 Å². The highest BCUT2D eigenvalue weighted by atomic mass is 15.2. The standard InChI is InChI=1S/C12H20N4/c1-7(13)10-8-5-3-4-6-9(8)16(2)12(15)11(10)14/h12,14H,3-6,13,15H2,1-2H3/b10-7-,14-11?. The maximum atomic E-state index is 8.10. The third-order valence-corrected chi connectivity index (χ3v) is 3.54. The Balaban J connectivity index is 2.57. The molecule has 2 aliphatic rings. The molecule has 0 fully saturated rings. The average Bonchev–Trinajstić information content (AvgIpc) is 2.26. The van der Waals surface area contributed by atoms with Gasteiger partial charge in [-0.25, -0.2) is 0 Å². The van der Waals surface area contributed by atoms with Crippen LogP contribution in [0.25, 0.3) is 0 Å². The summed E-state index contributed by atoms with van der Waals surface area (Å²) in [6.45, 7) is 1.86. The summed E-state index contributed by atoms with van der Waals surface area (Å²) >= 11 is 0. The first-order valence-corrected chi connectivity index (χ1v) is 5.80. The molecule has 4 heteroatoms. The van der Waals surface area contributed by atoms with Crippen LogP contribution < -0.4 is 11.5 Å². The normalized spacial score (nSPS) is 29.3. The van der Waals surface area contributed by atoms with Gasteiger partial charge in [0.2, 0.25) is 0 Å². The Labute approximate surface area is 96.5 Å². The third-order valence-electron chi connectivity index (χ3n) is 3.54. The zero-order valence-corrected chi connectivity index (χ0v) is 10.0. The van der Waals surface area contributed by atoms with Gasteiger partial charge in [-0.2, -0.15) is 0 Å². The fraction of sp³-hybridized carbons (Fsp3) is 0.583. The van der Waals surface area contributed by atoms with E-state index in [1.165, 1.54) is 24.1 Å². The molecular formula is C12H20N4. The van der Waals surface area contributed by atoms with E-state index >= 15 is 0 Å². The molecule has 0 bridgehead atoms. The highest BCUT2D eigenvalue weighted by Crippen LogP contribution is 2.37. The molecule has 1 heterocycles. The molecule has 2 rings (SSSR count). The van der Waals surface area contributed by atoms with Crippen LogP contribution in [0.5, 0.6) is 0 Å². The summed E-state index contributed by atoms with van der Waals surface area (Å²) in [4.78, 5) is 2.03. The average molecular weight is 220 g/mol. The second-order valence-electron chi connectivity index (χ2n) is 4.66. The highest BCUT2D eigenvalue weighted by molar-refractivity contribution is 6.06. The van der Waals surface area contributed by atoms with Crippen molar-refractivity contribution in [2.45, 2.75) is 38.8 Å². The van der Waals surface area contributed by atoms with Crippen molar-refractivity contribution in [3.63, 3.8) is 0 Å². The number of nitrogens with one attached hydrogen (secondary N) is 1. The van der Waals surface area contributed by atoms with E-state index < -0.39 is 0 Å². The molecular weight excluding hydrogens is 200 g/mol. The fourth-order valence-corrected chi connectivity index (χ4v) is 2.67. The van der Waals surface area contributed by atoms with E-state index in [4.69, 9.17) is 16.9 Å². The molecule has 88 valence electrons. The van der Waals surface area contributed by atoms with Crippen molar-refractivity contribution < 1.29 is 0 Å². The van der Waals surface area contributed by atoms with Crippen LogP contribution in [-0.2, 0) is 0 Å². The second kappa shape index (κ2) is 3.94. The van der Waals surface area contributed by atoms with E-state index in [-0.39, 0.29) is 6.17 Å². The molecule has 1 unspecified atom stereocenters. The van der Waals surface area contributed by atoms with Crippen LogP contribution in [0.4, 0.5) is 0 Å². The van der Waals surface area contributed by atoms with E-state index in [9.17, 15) is 0 Å². The molecule has 16 heavy (non-hydrogen) atoms. The quantitative estimate of drug-likeness (QED) is 0.575. The van der Waals surface area contributed by atoms with Crippen molar-refractivity contribution in [1.82, 2.24) is 4.90 Å². The monoisotopic (exact) mass is 220 g/mol. The van der Waals surface area contributed by atoms with Crippen molar-refractivity contribution in [1.29, 1.82) is 5.41 Å². The number of allylic oxidation sites excluding steroid dienone is 3. The van der Waals surface area contributed by atoms with Crippen molar-refractivity contribution in [3.8, 4) is 0 Å². The predicted molar refractivity (Wildman–Crippen MR) is 65.8 cm³/mol. The predicted octanol–water partition coefficient (Wildman–Crippen LogP) is 1.30. The summed E-state index contributed by atoms with van der Waals surface area (Å²) in [6.07, 6.45) is 4.14. The summed E-state index contributed by atoms with van der Waals surface area (Å²) in [7, 11) is 1.97. The van der Waals surface area contributed by atoms with Crippen LogP contribution in [0.1, 0.15) is 32.6 Å². The van der Waals surface area contributed by atoms with Gasteiger partial charge in [-0.05, 0) is 38.2 Å². The van der Waals surface area contributed by atoms with Crippen LogP contribution in [0, 0.1) is 5.41 Å². The van der Waals surface area contributed by atoms with E-state index in [0.29, 0.717) is 5.71 Å². The van der Waals surface area contributed by atoms with E-state index in [1.54, 1.807) is 0 Å². The molecule has 1 aliphatic heterocycles. The third kappa shape index (κ3) is 1.53. The molecule has 0 saturated heterocycles. The zero-order valence-electron chi connectivity index (χ0n) is 10.0. The Hall–Kier alpha value is -1.29. The van der Waals surface area contributed by atoms with Gasteiger partial charge in [0.1, 0.15) is 6.17 Å². The van der Waals surface area contributed by atoms with Gasteiger partial charge in [-0.1, -0.05) is 0 Å². The van der Waals surface area contributed by atoms with Gasteiger partial charge < -0.3 is 21.8 Å². The number of rotatable bonds is 0. The minimum absolute atomic E-state index is 0.342. The first-order valence-electron chi connectivity index (χ1n) is 5.80. The van der Waals surface area contributed by atoms with Gasteiger partial charge in [0.05, 0.1) is 5.71 Å². The molecule has 4 nitrogen and oxygen atoms in total. The first-order chi connectivity index (χ1) is 7.54. The van der Waals surface area contributed by atoms with E-state index in [2.05, 4.69) is 0 Å². The summed E-state index contributed by atoms with van der Waals surface area (Å²) in [6, 6.07) is 0. The highest BCUT2D eigenvalue weighted by Gasteiger charge is 2.33. The number of nitrogens with two attached hydrogens (primary N) is 2. The van der Waals surface area contributed by atoms with Gasteiger partial charge >= 0.3 is 0 Å². The smallest absolute Gasteiger partial charge is 0.120 e. The lowest BCUT2D eigenvalue weighted by Crippen LogP contribution is -2.50. The Morgan fingerprint density at radius 1 is 1.38 bits per heavy atom. The minimum Gasteiger partial charge on any atom is -0.402 e. The maximum absolute atomic E-state index is 8.10. The fourth-order valence-electron chi connectivity index (χ4n) is 2.67. The van der Waals surface area contributed by atoms with Gasteiger partial charge in [-0.15, -0.1) is 0 Å². The molecule has 0 aromatic rings. The summed E-state index contributed by atoms with van der Waals surface area (Å²) in [5, 5.41) is 8.10. The van der Waals surface area contributed by atoms with Gasteiger partial charge in [0.15, 0.2) is 0 Å². The lowest BCUT2D eigenvalue weighted by atomic mass is 9.83. The molecule has 0 aromatic carbocycles. The summed E-state index contributed by atoms with van der Waals surface area (Å²) in [5.41, 5.74) is 16.6. The Morgan fingerprint density at radius 3 is 2.62 bits per heavy atom. The topological polar surface area (TPSA) is 79.1 Å². The first kappa shape index (κ1) is 11.2. The number of nitrogens with zero attached hydrogens (tertiary/aromatic N) is 1. The minimum atomic E-state index is -0.342. The molecule has 1 atom stereocenters. The summed E-state index contributed by atoms with van der Waals surface area (Å²) < 4.78 is 0. The molecule has 0 radical (unpaired) electrons. The molecule has 0 aromatic heterocycles. The van der Waals surface area contributed by atoms with Gasteiger partial charge in [0, 0.05) is 24.0 Å². The van der Waals surface area contributed by atoms with Crippen LogP contribution in [-0.4, -0.2) is 23.8 Å². The Kier molecular flexibility index (Phi) is 2.76. The van der Waals surface area contributed by atoms with Gasteiger partial charge in [0.25, 0.3) is 0 Å². The van der Waals surface area contributed by atoms with Crippen LogP contribution >= 0.6 is 0 Å². The lowest BCUT2D eigenvalue weighted by molar-refractivity contribution is 0.338. The van der Waals surface area contributed by atoms with Gasteiger partial charge in [-0.3, -0.25) is 0 Å². The van der Waals surface area contributed by atoms with Crippen molar-refractivity contribution >= 4 is 5.71 Å². The molecule has 0 spiro atoms. The van der Waals surface area contributed by atoms with E-state index in [1.807, 2.05) is 18.9 Å². The van der Waals surface area contributed by atoms with Crippen LogP contribution in [0.15, 0.2) is 22.5 Å². The van der Waals surface area contributed by atoms with Crippen LogP contribution in [0.2, 0.25) is 0 Å². The van der Waals surface area contributed by atoms with Crippen molar-refractivity contribution in [3.05, 3.63) is 22.5 Å². The lowest BCUT2D eigenvalue weighted by Gasteiger charge is -2.40. The molecule has 1 aliphatic carbocycles. The molecule has 0 amide bonds. The SMILES string of the molecule is C/C(N)=C1/C(=N)C(N)N(C)C2=C1CCCC2. The molecule has 5 N–H and O–H groups in total. The number of hydrogen-bond acceptors (Lipinski definition) is 4. The summed E-state index contributed by atoms with van der Waals surface area (Å²) in [5.74, 6) is 0. The Bertz CT molecular complexity index is 388. The van der Waals surface area contributed by atoms with Crippen molar-refractivity contribution in [2.75, 3.05) is 7.05 Å². The van der Waals surface area contributed by atoms with Crippen molar-refractivity contribution in [2.24, 2.45) is 11.5 Å². The van der Waals surface area contributed by atoms with E-state index in [0.717, 1.165) is 24.1 Å². The maximum Gasteiger partial charge on any atom is 0.120 e. The Morgan fingerprint density at radius 2 is 2.00 bits per heavy atom. The number of hydrogen-bond donors (Lipinski definition) is 3. The second-order valence-corrected chi connectivity index (χ2v) is 4.66. The zero-order chi connectivity index (χ0) is 11.9. The molecule has 0 saturated carbocycles.